The number of hydrogen-bond acceptors (Lipinski definition) is 21. The topological polar surface area (TPSA) is 401 Å². The summed E-state index contributed by atoms with van der Waals surface area (Å²) in [7, 11) is 0. The van der Waals surface area contributed by atoms with Crippen molar-refractivity contribution < 1.29 is 106 Å². The minimum Gasteiger partial charge on any atom is -0.504 e. The van der Waals surface area contributed by atoms with Crippen LogP contribution in [-0.2, 0) is 4.74 Å². The molecule has 0 radical (unpaired) electrons. The number of carbonyl (C=O) groups is 4. The van der Waals surface area contributed by atoms with Gasteiger partial charge in [0.15, 0.2) is 86.0 Å². The predicted octanol–water partition coefficient (Wildman–Crippen LogP) is -1.06. The second-order valence-electron chi connectivity index (χ2n) is 12.3. The molecule has 1 fully saturated rings. The van der Waals surface area contributed by atoms with Crippen molar-refractivity contribution in [3.05, 3.63) is 70.8 Å². The van der Waals surface area contributed by atoms with Crippen molar-refractivity contribution in [3.63, 3.8) is 0 Å². The molecule has 1 saturated heterocycles. The maximum absolute atomic E-state index is 14.6. The zero-order valence-electron chi connectivity index (χ0n) is 27.2. The quantitative estimate of drug-likeness (QED) is 0.0711. The fourth-order valence-electron chi connectivity index (χ4n) is 6.09. The van der Waals surface area contributed by atoms with Crippen LogP contribution in [0, 0.1) is 0 Å². The fourth-order valence-corrected chi connectivity index (χ4v) is 6.09. The molecule has 0 bridgehead atoms. The second-order valence-corrected chi connectivity index (χ2v) is 12.3. The van der Waals surface area contributed by atoms with E-state index in [4.69, 9.17) is 4.74 Å². The Kier molecular flexibility index (Phi) is 9.34. The van der Waals surface area contributed by atoms with Gasteiger partial charge in [-0.1, -0.05) is 0 Å². The molecule has 1 heterocycles. The third-order valence-electron chi connectivity index (χ3n) is 8.99. The molecule has 0 aromatic heterocycles. The number of hydrogen-bond donors (Lipinski definition) is 16. The lowest BCUT2D eigenvalue weighted by Crippen LogP contribution is -2.85. The zero-order valence-corrected chi connectivity index (χ0v) is 27.2. The number of ether oxygens (including phenoxy) is 1. The van der Waals surface area contributed by atoms with Gasteiger partial charge in [0.05, 0.1) is 6.61 Å². The summed E-state index contributed by atoms with van der Waals surface area (Å²) in [6.45, 7) is -1.85. The molecule has 5 atom stereocenters. The van der Waals surface area contributed by atoms with Crippen molar-refractivity contribution in [1.29, 1.82) is 0 Å². The van der Waals surface area contributed by atoms with E-state index in [9.17, 15) is 101 Å². The fraction of sp³-hybridized carbons (Fsp3) is 0.176. The van der Waals surface area contributed by atoms with Crippen molar-refractivity contribution in [2.45, 2.75) is 29.0 Å². The van der Waals surface area contributed by atoms with Gasteiger partial charge in [-0.3, -0.25) is 19.2 Å². The van der Waals surface area contributed by atoms with E-state index in [2.05, 4.69) is 0 Å². The number of ketones is 4. The normalized spacial score (nSPS) is 22.8. The van der Waals surface area contributed by atoms with Crippen LogP contribution in [0.15, 0.2) is 48.5 Å². The number of carbonyl (C=O) groups excluding carboxylic acids is 4. The average molecular weight is 773 g/mol. The third-order valence-corrected chi connectivity index (χ3v) is 8.99. The highest BCUT2D eigenvalue weighted by Gasteiger charge is 2.78. The molecule has 1 unspecified atom stereocenters. The highest BCUT2D eigenvalue weighted by atomic mass is 16.6. The first kappa shape index (κ1) is 39.2. The number of benzene rings is 4. The maximum Gasteiger partial charge on any atom is 0.205 e. The smallest absolute Gasteiger partial charge is 0.205 e. The van der Waals surface area contributed by atoms with Gasteiger partial charge in [-0.2, -0.15) is 0 Å². The molecule has 0 spiro atoms. The number of rotatable bonds is 9. The van der Waals surface area contributed by atoms with Gasteiger partial charge >= 0.3 is 0 Å². The standard InChI is InChI=1S/C34H28O21/c35-14-1-10(2-15(36)23(14)44)22(43)27(48)31-33(53,29(50)12-5-18(39)25(46)19(40)6-12)34(54,30(51)13-7-20(41)26(47)21(42)8-13)32(52,9-55-31)28(49)11-3-16(37)24(45)17(38)4-11/h1-8,27,31,35-42,44-48,52-54H,9H2/t27?,31-,32-,33-,34-/m1/s1. The summed E-state index contributed by atoms with van der Waals surface area (Å²) in [6, 6.07) is 2.71. The third kappa shape index (κ3) is 5.71. The van der Waals surface area contributed by atoms with Gasteiger partial charge in [0.1, 0.15) is 12.2 Å². The summed E-state index contributed by atoms with van der Waals surface area (Å²) < 4.78 is 5.31. The van der Waals surface area contributed by atoms with Crippen LogP contribution >= 0.6 is 0 Å². The molecule has 4 aromatic rings. The Morgan fingerprint density at radius 3 is 1.13 bits per heavy atom. The van der Waals surface area contributed by atoms with Crippen molar-refractivity contribution in [2.75, 3.05) is 6.61 Å². The summed E-state index contributed by atoms with van der Waals surface area (Å²) in [5.41, 5.74) is -17.8. The molecule has 290 valence electrons. The molecule has 21 heteroatoms. The molecular formula is C34H28O21. The molecule has 16 N–H and O–H groups in total. The van der Waals surface area contributed by atoms with E-state index in [1.165, 1.54) is 0 Å². The van der Waals surface area contributed by atoms with Crippen LogP contribution in [-0.4, -0.2) is 140 Å². The molecular weight excluding hydrogens is 744 g/mol. The minimum absolute atomic E-state index is 0.273. The molecule has 1 aliphatic rings. The maximum atomic E-state index is 14.6. The van der Waals surface area contributed by atoms with E-state index in [0.717, 1.165) is 0 Å². The van der Waals surface area contributed by atoms with Crippen molar-refractivity contribution in [3.8, 4) is 69.0 Å². The van der Waals surface area contributed by atoms with Crippen LogP contribution in [0.1, 0.15) is 41.4 Å². The van der Waals surface area contributed by atoms with Gasteiger partial charge in [-0.05, 0) is 48.5 Å². The Morgan fingerprint density at radius 2 is 0.782 bits per heavy atom. The number of aliphatic hydroxyl groups excluding tert-OH is 1. The lowest BCUT2D eigenvalue weighted by Gasteiger charge is -2.56. The van der Waals surface area contributed by atoms with Gasteiger partial charge in [-0.15, -0.1) is 0 Å². The largest absolute Gasteiger partial charge is 0.504 e. The van der Waals surface area contributed by atoms with Crippen molar-refractivity contribution in [1.82, 2.24) is 0 Å². The van der Waals surface area contributed by atoms with E-state index >= 15 is 0 Å². The molecule has 21 nitrogen and oxygen atoms in total. The average Bonchev–Trinajstić information content (AvgIpc) is 3.13. The number of aliphatic hydroxyl groups is 4. The first-order valence-corrected chi connectivity index (χ1v) is 15.1. The van der Waals surface area contributed by atoms with E-state index in [0.29, 0.717) is 24.3 Å². The Balaban J connectivity index is 1.88. The molecule has 5 rings (SSSR count). The SMILES string of the molecule is O=C(c1cc(O)c(O)c(O)c1)C(O)[C@H]1OC[C@@](O)(C(=O)c2cc(O)c(O)c(O)c2)[C@](O)(C(=O)c2cc(O)c(O)c(O)c2)[C@@]1(O)C(=O)c1cc(O)c(O)c(O)c1. The summed E-state index contributed by atoms with van der Waals surface area (Å²) in [5, 5.41) is 169. The van der Waals surface area contributed by atoms with E-state index < -0.39 is 150 Å². The molecule has 55 heavy (non-hydrogen) atoms. The summed E-state index contributed by atoms with van der Waals surface area (Å²) in [4.78, 5) is 56.9. The van der Waals surface area contributed by atoms with Crippen LogP contribution in [0.25, 0.3) is 0 Å². The van der Waals surface area contributed by atoms with E-state index in [1.54, 1.807) is 0 Å². The molecule has 0 aliphatic carbocycles. The predicted molar refractivity (Wildman–Crippen MR) is 174 cm³/mol. The summed E-state index contributed by atoms with van der Waals surface area (Å²) in [5.74, 6) is -23.4. The highest BCUT2D eigenvalue weighted by molar-refractivity contribution is 6.19. The number of phenols is 12. The van der Waals surface area contributed by atoms with Crippen LogP contribution in [0.3, 0.4) is 0 Å². The minimum atomic E-state index is -4.64. The van der Waals surface area contributed by atoms with Gasteiger partial charge in [0.25, 0.3) is 0 Å². The van der Waals surface area contributed by atoms with Gasteiger partial charge in [0.2, 0.25) is 23.0 Å². The van der Waals surface area contributed by atoms with E-state index in [1.807, 2.05) is 0 Å². The van der Waals surface area contributed by atoms with Crippen molar-refractivity contribution in [2.24, 2.45) is 0 Å². The first-order valence-electron chi connectivity index (χ1n) is 15.1. The lowest BCUT2D eigenvalue weighted by molar-refractivity contribution is -0.284. The number of aromatic hydroxyl groups is 12. The Labute approximate surface area is 304 Å². The number of phenolic OH excluding ortho intramolecular Hbond substituents is 12. The van der Waals surface area contributed by atoms with Gasteiger partial charge in [0, 0.05) is 22.3 Å². The number of Topliss-reactive ketones (excluding diaryl/α,β-unsaturated/α-hetero) is 4. The Morgan fingerprint density at radius 1 is 0.491 bits per heavy atom. The van der Waals surface area contributed by atoms with E-state index in [-0.39, 0.29) is 24.3 Å². The van der Waals surface area contributed by atoms with Crippen LogP contribution in [0.5, 0.6) is 69.0 Å². The molecule has 0 saturated carbocycles. The van der Waals surface area contributed by atoms with Gasteiger partial charge in [-0.25, -0.2) is 0 Å². The molecule has 1 aliphatic heterocycles. The van der Waals surface area contributed by atoms with Crippen LogP contribution in [0.4, 0.5) is 0 Å². The Hall–Kier alpha value is -7.04. The first-order chi connectivity index (χ1) is 25.4. The van der Waals surface area contributed by atoms with Gasteiger partial charge < -0.3 is 86.4 Å². The zero-order chi connectivity index (χ0) is 41.3. The van der Waals surface area contributed by atoms with Crippen molar-refractivity contribution >= 4 is 23.1 Å². The van der Waals surface area contributed by atoms with Crippen LogP contribution in [0.2, 0.25) is 0 Å². The Bertz CT molecular complexity index is 2230. The second kappa shape index (κ2) is 13.1. The van der Waals surface area contributed by atoms with Crippen LogP contribution < -0.4 is 0 Å². The lowest BCUT2D eigenvalue weighted by atomic mass is 9.58. The highest BCUT2D eigenvalue weighted by Crippen LogP contribution is 2.51. The summed E-state index contributed by atoms with van der Waals surface area (Å²) in [6.07, 6.45) is -6.22. The monoisotopic (exact) mass is 772 g/mol. The summed E-state index contributed by atoms with van der Waals surface area (Å²) >= 11 is 0. The molecule has 0 amide bonds. The molecule has 4 aromatic carbocycles.